The minimum Gasteiger partial charge on any atom is -0.444 e. The van der Waals surface area contributed by atoms with E-state index in [1.807, 2.05) is 48.5 Å². The number of ketones is 2. The minimum atomic E-state index is -0.540. The average molecular weight is 469 g/mol. The predicted octanol–water partition coefficient (Wildman–Crippen LogP) is 6.19. The molecule has 0 aromatic rings. The molecule has 33 heavy (non-hydrogen) atoms. The minimum absolute atomic E-state index is 0.0723. The van der Waals surface area contributed by atoms with Crippen LogP contribution in [-0.4, -0.2) is 35.3 Å². The molecule has 0 spiro atoms. The van der Waals surface area contributed by atoms with E-state index in [1.165, 1.54) is 25.7 Å². The van der Waals surface area contributed by atoms with Gasteiger partial charge in [-0.15, -0.1) is 0 Å². The first-order valence-corrected chi connectivity index (χ1v) is 13.2. The molecule has 0 heterocycles. The number of amides is 1. The van der Waals surface area contributed by atoms with Crippen molar-refractivity contribution in [2.75, 3.05) is 0 Å². The lowest BCUT2D eigenvalue weighted by atomic mass is 9.80. The van der Waals surface area contributed by atoms with Gasteiger partial charge in [0.25, 0.3) is 0 Å². The molecule has 1 amide bonds. The Morgan fingerprint density at radius 1 is 0.848 bits per heavy atom. The molecule has 6 nitrogen and oxygen atoms in total. The zero-order valence-electron chi connectivity index (χ0n) is 22.7. The van der Waals surface area contributed by atoms with Gasteiger partial charge in [-0.1, -0.05) is 66.2 Å². The first-order valence-electron chi connectivity index (χ1n) is 13.2. The number of alkyl carbamates (subject to hydrolysis) is 1. The van der Waals surface area contributed by atoms with Crippen LogP contribution in [0.25, 0.3) is 0 Å². The molecule has 0 bridgehead atoms. The van der Waals surface area contributed by atoms with Gasteiger partial charge in [-0.2, -0.15) is 0 Å². The van der Waals surface area contributed by atoms with E-state index in [-0.39, 0.29) is 29.4 Å². The first kappa shape index (κ1) is 31.6. The molecule has 0 radical (unpaired) electrons. The summed E-state index contributed by atoms with van der Waals surface area (Å²) in [6.07, 6.45) is 11.2. The molecule has 0 saturated heterocycles. The third kappa shape index (κ3) is 13.1. The third-order valence-corrected chi connectivity index (χ3v) is 6.30. The summed E-state index contributed by atoms with van der Waals surface area (Å²) in [7, 11) is 0. The molecule has 2 aliphatic rings. The summed E-state index contributed by atoms with van der Waals surface area (Å²) < 4.78 is 5.29. The van der Waals surface area contributed by atoms with Gasteiger partial charge >= 0.3 is 6.09 Å². The molecular formula is C27H52N2O4. The SMILES string of the molecule is CC.CC(=O)C(N)C1CCCCC1.CC(C)C(=O)C(NC(=O)OC(C)(C)C)C1CCCCC1. The summed E-state index contributed by atoms with van der Waals surface area (Å²) >= 11 is 0. The second kappa shape index (κ2) is 16.2. The van der Waals surface area contributed by atoms with Gasteiger partial charge in [0.15, 0.2) is 5.78 Å². The molecule has 2 atom stereocenters. The fourth-order valence-electron chi connectivity index (χ4n) is 4.51. The Morgan fingerprint density at radius 2 is 1.27 bits per heavy atom. The number of carbonyl (C=O) groups is 3. The lowest BCUT2D eigenvalue weighted by Gasteiger charge is -2.31. The Kier molecular flexibility index (Phi) is 15.5. The van der Waals surface area contributed by atoms with Gasteiger partial charge in [0.2, 0.25) is 0 Å². The van der Waals surface area contributed by atoms with Gasteiger partial charge in [0.05, 0.1) is 12.1 Å². The lowest BCUT2D eigenvalue weighted by Crippen LogP contribution is -2.49. The Hall–Kier alpha value is -1.43. The molecule has 2 fully saturated rings. The zero-order valence-corrected chi connectivity index (χ0v) is 22.7. The standard InChI is InChI=1S/C16H29NO3.C9H17NO.C2H6/c1-11(2)14(18)13(12-9-7-6-8-10-12)17-15(19)20-16(3,4)5;1-7(11)9(10)8-5-3-2-4-6-8;1-2/h11-13H,6-10H2,1-5H3,(H,17,19);8-9H,2-6,10H2,1H3;1-2H3. The summed E-state index contributed by atoms with van der Waals surface area (Å²) in [6.45, 7) is 14.8. The van der Waals surface area contributed by atoms with E-state index < -0.39 is 17.7 Å². The maximum absolute atomic E-state index is 12.4. The monoisotopic (exact) mass is 468 g/mol. The number of carbonyl (C=O) groups excluding carboxylic acids is 3. The Morgan fingerprint density at radius 3 is 1.64 bits per heavy atom. The summed E-state index contributed by atoms with van der Waals surface area (Å²) in [6, 6.07) is -0.583. The van der Waals surface area contributed by atoms with Crippen molar-refractivity contribution in [1.82, 2.24) is 5.32 Å². The highest BCUT2D eigenvalue weighted by molar-refractivity contribution is 5.89. The van der Waals surface area contributed by atoms with Gasteiger partial charge in [-0.25, -0.2) is 4.79 Å². The molecule has 0 aliphatic heterocycles. The van der Waals surface area contributed by atoms with Crippen LogP contribution in [0.2, 0.25) is 0 Å². The van der Waals surface area contributed by atoms with Crippen LogP contribution in [0.4, 0.5) is 4.79 Å². The van der Waals surface area contributed by atoms with Gasteiger partial charge in [0.1, 0.15) is 11.4 Å². The molecule has 2 unspecified atom stereocenters. The van der Waals surface area contributed by atoms with E-state index in [0.29, 0.717) is 5.92 Å². The first-order chi connectivity index (χ1) is 15.4. The lowest BCUT2D eigenvalue weighted by molar-refractivity contribution is -0.125. The van der Waals surface area contributed by atoms with Gasteiger partial charge in [0, 0.05) is 5.92 Å². The fraction of sp³-hybridized carbons (Fsp3) is 0.889. The summed E-state index contributed by atoms with van der Waals surface area (Å²) in [4.78, 5) is 35.2. The predicted molar refractivity (Wildman–Crippen MR) is 136 cm³/mol. The highest BCUT2D eigenvalue weighted by Crippen LogP contribution is 2.28. The molecule has 2 saturated carbocycles. The Balaban J connectivity index is 0.000000663. The molecule has 0 aromatic heterocycles. The number of hydrogen-bond acceptors (Lipinski definition) is 5. The van der Waals surface area contributed by atoms with Crippen LogP contribution in [0.3, 0.4) is 0 Å². The largest absolute Gasteiger partial charge is 0.444 e. The molecule has 2 rings (SSSR count). The Bertz CT molecular complexity index is 571. The third-order valence-electron chi connectivity index (χ3n) is 6.30. The second-order valence-electron chi connectivity index (χ2n) is 10.6. The molecule has 194 valence electrons. The van der Waals surface area contributed by atoms with E-state index in [2.05, 4.69) is 5.32 Å². The number of hydrogen-bond donors (Lipinski definition) is 2. The highest BCUT2D eigenvalue weighted by atomic mass is 16.6. The van der Waals surface area contributed by atoms with Crippen LogP contribution in [0.15, 0.2) is 0 Å². The van der Waals surface area contributed by atoms with E-state index in [1.54, 1.807) is 6.92 Å². The van der Waals surface area contributed by atoms with Crippen LogP contribution in [0.1, 0.15) is 120 Å². The molecule has 2 aliphatic carbocycles. The Labute approximate surface area is 203 Å². The van der Waals surface area contributed by atoms with E-state index in [0.717, 1.165) is 38.5 Å². The number of ether oxygens (including phenoxy) is 1. The van der Waals surface area contributed by atoms with E-state index in [4.69, 9.17) is 10.5 Å². The average Bonchev–Trinajstić information content (AvgIpc) is 2.78. The van der Waals surface area contributed by atoms with Crippen LogP contribution in [0, 0.1) is 17.8 Å². The van der Waals surface area contributed by atoms with Crippen LogP contribution in [0.5, 0.6) is 0 Å². The van der Waals surface area contributed by atoms with Crippen LogP contribution < -0.4 is 11.1 Å². The smallest absolute Gasteiger partial charge is 0.408 e. The van der Waals surface area contributed by atoms with Crippen molar-refractivity contribution in [3.63, 3.8) is 0 Å². The van der Waals surface area contributed by atoms with Crippen LogP contribution in [-0.2, 0) is 14.3 Å². The van der Waals surface area contributed by atoms with E-state index >= 15 is 0 Å². The van der Waals surface area contributed by atoms with Gasteiger partial charge in [-0.05, 0) is 65.2 Å². The zero-order chi connectivity index (χ0) is 25.6. The van der Waals surface area contributed by atoms with E-state index in [9.17, 15) is 14.4 Å². The van der Waals surface area contributed by atoms with Crippen molar-refractivity contribution < 1.29 is 19.1 Å². The van der Waals surface area contributed by atoms with Crippen LogP contribution >= 0.6 is 0 Å². The number of nitrogens with one attached hydrogen (secondary N) is 1. The van der Waals surface area contributed by atoms with Gasteiger partial charge < -0.3 is 15.8 Å². The summed E-state index contributed by atoms with van der Waals surface area (Å²) in [5.41, 5.74) is 5.20. The highest BCUT2D eigenvalue weighted by Gasteiger charge is 2.33. The second-order valence-corrected chi connectivity index (χ2v) is 10.6. The summed E-state index contributed by atoms with van der Waals surface area (Å²) in [5.74, 6) is 0.920. The molecule has 6 heteroatoms. The number of rotatable bonds is 6. The molecule has 3 N–H and O–H groups in total. The normalized spacial score (nSPS) is 19.2. The maximum atomic E-state index is 12.4. The van der Waals surface area contributed by atoms with Gasteiger partial charge in [-0.3, -0.25) is 9.59 Å². The van der Waals surface area contributed by atoms with Crippen molar-refractivity contribution in [1.29, 1.82) is 0 Å². The quantitative estimate of drug-likeness (QED) is 0.484. The molecular weight excluding hydrogens is 416 g/mol. The van der Waals surface area contributed by atoms with Crippen molar-refractivity contribution >= 4 is 17.7 Å². The van der Waals surface area contributed by atoms with Crippen molar-refractivity contribution in [2.24, 2.45) is 23.5 Å². The van der Waals surface area contributed by atoms with Crippen molar-refractivity contribution in [3.05, 3.63) is 0 Å². The fourth-order valence-corrected chi connectivity index (χ4v) is 4.51. The number of nitrogens with two attached hydrogens (primary N) is 1. The van der Waals surface area contributed by atoms with Crippen molar-refractivity contribution in [3.8, 4) is 0 Å². The maximum Gasteiger partial charge on any atom is 0.408 e. The molecule has 0 aromatic carbocycles. The topological polar surface area (TPSA) is 98.5 Å². The van der Waals surface area contributed by atoms with Crippen molar-refractivity contribution in [2.45, 2.75) is 137 Å². The summed E-state index contributed by atoms with van der Waals surface area (Å²) in [5, 5.41) is 2.81. The number of Topliss-reactive ketones (excluding diaryl/α,β-unsaturated/α-hetero) is 2.